The van der Waals surface area contributed by atoms with E-state index >= 15 is 0 Å². The molecule has 0 amide bonds. The lowest BCUT2D eigenvalue weighted by molar-refractivity contribution is -0.137. The van der Waals surface area contributed by atoms with Crippen molar-refractivity contribution in [2.45, 2.75) is 6.42 Å². The highest BCUT2D eigenvalue weighted by atomic mass is 16.5. The number of phenolic OH excluding ortho intramolecular Hbond substituents is 5. The highest BCUT2D eigenvalue weighted by molar-refractivity contribution is 5.88. The van der Waals surface area contributed by atoms with Crippen LogP contribution in [0.25, 0.3) is 28.4 Å². The molecule has 0 saturated carbocycles. The molecule has 4 aromatic carbocycles. The fourth-order valence-electron chi connectivity index (χ4n) is 3.85. The van der Waals surface area contributed by atoms with Crippen molar-refractivity contribution < 1.29 is 44.6 Å². The minimum Gasteiger partial charge on any atom is -0.508 e. The summed E-state index contributed by atoms with van der Waals surface area (Å²) >= 11 is 0. The summed E-state index contributed by atoms with van der Waals surface area (Å²) in [5, 5.41) is 56.7. The van der Waals surface area contributed by atoms with Crippen molar-refractivity contribution in [1.82, 2.24) is 0 Å². The minimum absolute atomic E-state index is 0.0247. The number of phenols is 5. The van der Waals surface area contributed by atoms with E-state index in [1.807, 2.05) is 30.3 Å². The molecule has 0 aliphatic carbocycles. The van der Waals surface area contributed by atoms with Crippen LogP contribution in [0, 0.1) is 0 Å². The maximum Gasteiger partial charge on any atom is 0.330 e. The van der Waals surface area contributed by atoms with Crippen molar-refractivity contribution in [2.24, 2.45) is 0 Å². The second kappa shape index (κ2) is 13.0. The molecule has 0 unspecified atom stereocenters. The molecule has 5 rings (SSSR count). The first-order valence-electron chi connectivity index (χ1n) is 12.5. The first-order valence-corrected chi connectivity index (χ1v) is 12.5. The minimum atomic E-state index is -0.808. The van der Waals surface area contributed by atoms with Crippen LogP contribution >= 0.6 is 0 Å². The topological polar surface area (TPSA) is 178 Å². The van der Waals surface area contributed by atoms with Gasteiger partial charge in [-0.05, 0) is 53.6 Å². The highest BCUT2D eigenvalue weighted by Gasteiger charge is 2.18. The summed E-state index contributed by atoms with van der Waals surface area (Å²) in [7, 11) is 0. The molecule has 0 fully saturated rings. The molecule has 42 heavy (non-hydrogen) atoms. The van der Waals surface area contributed by atoms with Crippen LogP contribution in [0.4, 0.5) is 0 Å². The molecule has 10 nitrogen and oxygen atoms in total. The van der Waals surface area contributed by atoms with Crippen molar-refractivity contribution in [3.8, 4) is 45.8 Å². The van der Waals surface area contributed by atoms with Gasteiger partial charge in [-0.3, -0.25) is 4.79 Å². The Morgan fingerprint density at radius 1 is 0.762 bits per heavy atom. The van der Waals surface area contributed by atoms with Crippen LogP contribution in [0.3, 0.4) is 0 Å². The van der Waals surface area contributed by atoms with Gasteiger partial charge in [-0.1, -0.05) is 36.4 Å². The van der Waals surface area contributed by atoms with Gasteiger partial charge < -0.3 is 39.8 Å². The maximum atomic E-state index is 12.1. The number of hydrogen-bond donors (Lipinski definition) is 6. The summed E-state index contributed by atoms with van der Waals surface area (Å²) in [6.45, 7) is 0.314. The predicted octanol–water partition coefficient (Wildman–Crippen LogP) is 5.18. The van der Waals surface area contributed by atoms with Gasteiger partial charge in [0.1, 0.15) is 28.2 Å². The number of carbonyl (C=O) groups is 1. The lowest BCUT2D eigenvalue weighted by atomic mass is 10.1. The summed E-state index contributed by atoms with van der Waals surface area (Å²) in [6, 6.07) is 21.9. The molecule has 0 saturated heterocycles. The fraction of sp³-hybridized carbons (Fsp3) is 0.0625. The Kier molecular flexibility index (Phi) is 8.98. The first-order chi connectivity index (χ1) is 20.1. The molecule has 0 aliphatic rings. The monoisotopic (exact) mass is 570 g/mol. The van der Waals surface area contributed by atoms with Gasteiger partial charge in [0.2, 0.25) is 11.2 Å². The Hall–Kier alpha value is -5.90. The lowest BCUT2D eigenvalue weighted by Gasteiger charge is -2.07. The second-order valence-corrected chi connectivity index (χ2v) is 8.98. The van der Waals surface area contributed by atoms with Crippen LogP contribution in [0.2, 0.25) is 0 Å². The normalized spacial score (nSPS) is 10.8. The molecule has 0 aliphatic heterocycles. The van der Waals surface area contributed by atoms with E-state index in [-0.39, 0.29) is 39.7 Å². The van der Waals surface area contributed by atoms with Crippen LogP contribution < -0.4 is 5.43 Å². The first kappa shape index (κ1) is 29.1. The second-order valence-electron chi connectivity index (χ2n) is 8.98. The zero-order valence-corrected chi connectivity index (χ0v) is 22.0. The Labute approximate surface area is 238 Å². The SMILES string of the molecule is O=C(/C=C/c1ccc(O)c(O)c1)OCCc1ccccc1.O=c1c(O)c(-c2ccc(O)cc2)oc2cc(O)cc(O)c12. The Bertz CT molecular complexity index is 1790. The Balaban J connectivity index is 0.000000193. The van der Waals surface area contributed by atoms with Crippen LogP contribution in [0.15, 0.2) is 100 Å². The smallest absolute Gasteiger partial charge is 0.330 e. The van der Waals surface area contributed by atoms with E-state index < -0.39 is 22.9 Å². The number of hydrogen-bond acceptors (Lipinski definition) is 10. The molecule has 6 N–H and O–H groups in total. The zero-order chi connectivity index (χ0) is 30.2. The molecule has 5 aromatic rings. The van der Waals surface area contributed by atoms with Crippen molar-refractivity contribution in [3.63, 3.8) is 0 Å². The average Bonchev–Trinajstić information content (AvgIpc) is 2.96. The van der Waals surface area contributed by atoms with E-state index in [0.29, 0.717) is 24.2 Å². The van der Waals surface area contributed by atoms with E-state index in [1.165, 1.54) is 54.6 Å². The zero-order valence-electron chi connectivity index (χ0n) is 22.0. The third-order valence-corrected chi connectivity index (χ3v) is 5.95. The van der Waals surface area contributed by atoms with Gasteiger partial charge in [0.25, 0.3) is 0 Å². The molecule has 10 heteroatoms. The van der Waals surface area contributed by atoms with E-state index in [9.17, 15) is 40.2 Å². The standard InChI is InChI=1S/C17H16O4.C15H10O6/c18-15-8-6-14(12-16(15)19)7-9-17(20)21-11-10-13-4-2-1-3-5-13;16-8-3-1-7(2-4-8)15-14(20)13(19)12-10(18)5-9(17)6-11(12)21-15/h1-9,12,18-19H,10-11H2;1-6,16-18,20H/b9-7+;. The molecule has 1 aromatic heterocycles. The number of rotatable bonds is 6. The van der Waals surface area contributed by atoms with Gasteiger partial charge in [0.05, 0.1) is 6.61 Å². The maximum absolute atomic E-state index is 12.1. The molecular formula is C32H26O10. The van der Waals surface area contributed by atoms with Crippen molar-refractivity contribution in [3.05, 3.63) is 112 Å². The van der Waals surface area contributed by atoms with Crippen LogP contribution in [-0.2, 0) is 16.0 Å². The third kappa shape index (κ3) is 7.19. The number of fused-ring (bicyclic) bond motifs is 1. The fourth-order valence-corrected chi connectivity index (χ4v) is 3.85. The number of benzene rings is 4. The number of carbonyl (C=O) groups excluding carboxylic acids is 1. The lowest BCUT2D eigenvalue weighted by Crippen LogP contribution is -2.04. The Morgan fingerprint density at radius 2 is 1.48 bits per heavy atom. The van der Waals surface area contributed by atoms with Crippen molar-refractivity contribution in [2.75, 3.05) is 6.61 Å². The van der Waals surface area contributed by atoms with Gasteiger partial charge in [-0.25, -0.2) is 4.79 Å². The van der Waals surface area contributed by atoms with Crippen LogP contribution in [0.1, 0.15) is 11.1 Å². The van der Waals surface area contributed by atoms with Gasteiger partial charge in [-0.15, -0.1) is 0 Å². The molecule has 1 heterocycles. The number of ether oxygens (including phenoxy) is 1. The molecule has 0 atom stereocenters. The largest absolute Gasteiger partial charge is 0.508 e. The third-order valence-electron chi connectivity index (χ3n) is 5.95. The summed E-state index contributed by atoms with van der Waals surface area (Å²) in [5.41, 5.74) is 1.21. The van der Waals surface area contributed by atoms with Gasteiger partial charge in [0, 0.05) is 30.2 Å². The molecule has 214 valence electrons. The molecular weight excluding hydrogens is 544 g/mol. The number of esters is 1. The van der Waals surface area contributed by atoms with E-state index in [1.54, 1.807) is 6.07 Å². The molecule has 0 bridgehead atoms. The highest BCUT2D eigenvalue weighted by Crippen LogP contribution is 2.35. The molecule has 0 spiro atoms. The quantitative estimate of drug-likeness (QED) is 0.0905. The van der Waals surface area contributed by atoms with Crippen LogP contribution in [-0.4, -0.2) is 43.2 Å². The number of aromatic hydroxyl groups is 6. The summed E-state index contributed by atoms with van der Waals surface area (Å²) in [6.07, 6.45) is 3.47. The Morgan fingerprint density at radius 3 is 2.17 bits per heavy atom. The van der Waals surface area contributed by atoms with E-state index in [0.717, 1.165) is 11.6 Å². The van der Waals surface area contributed by atoms with Crippen molar-refractivity contribution in [1.29, 1.82) is 0 Å². The predicted molar refractivity (Wildman–Crippen MR) is 154 cm³/mol. The summed E-state index contributed by atoms with van der Waals surface area (Å²) in [5.74, 6) is -2.37. The van der Waals surface area contributed by atoms with E-state index in [4.69, 9.17) is 9.15 Å². The summed E-state index contributed by atoms with van der Waals surface area (Å²) < 4.78 is 10.5. The van der Waals surface area contributed by atoms with Gasteiger partial charge in [-0.2, -0.15) is 0 Å². The summed E-state index contributed by atoms with van der Waals surface area (Å²) in [4.78, 5) is 23.7. The molecule has 0 radical (unpaired) electrons. The van der Waals surface area contributed by atoms with E-state index in [2.05, 4.69) is 0 Å². The van der Waals surface area contributed by atoms with Gasteiger partial charge in [0.15, 0.2) is 17.3 Å². The van der Waals surface area contributed by atoms with Gasteiger partial charge >= 0.3 is 5.97 Å². The average molecular weight is 571 g/mol. The van der Waals surface area contributed by atoms with Crippen molar-refractivity contribution >= 4 is 23.0 Å². The van der Waals surface area contributed by atoms with Crippen LogP contribution in [0.5, 0.6) is 34.5 Å².